The summed E-state index contributed by atoms with van der Waals surface area (Å²) in [6, 6.07) is 8.15. The summed E-state index contributed by atoms with van der Waals surface area (Å²) < 4.78 is 0. The number of rotatable bonds is 3. The topological polar surface area (TPSA) is 29.3 Å². The Balaban J connectivity index is 1.58. The first kappa shape index (κ1) is 16.0. The zero-order valence-corrected chi connectivity index (χ0v) is 14.9. The molecule has 4 rings (SSSR count). The lowest BCUT2D eigenvalue weighted by atomic mass is 9.72. The van der Waals surface area contributed by atoms with E-state index in [1.54, 1.807) is 11.1 Å². The van der Waals surface area contributed by atoms with Crippen LogP contribution >= 0.6 is 0 Å². The Bertz CT molecular complexity index is 669. The first-order valence-corrected chi connectivity index (χ1v) is 9.71. The van der Waals surface area contributed by atoms with E-state index in [9.17, 15) is 0 Å². The summed E-state index contributed by atoms with van der Waals surface area (Å²) in [5.74, 6) is 0. The van der Waals surface area contributed by atoms with Gasteiger partial charge in [0.2, 0.25) is 0 Å². The summed E-state index contributed by atoms with van der Waals surface area (Å²) in [5, 5.41) is 0. The van der Waals surface area contributed by atoms with E-state index in [2.05, 4.69) is 48.3 Å². The zero-order valence-electron chi connectivity index (χ0n) is 14.9. The second kappa shape index (κ2) is 6.40. The molecular formula is C22H30N2. The quantitative estimate of drug-likeness (QED) is 0.908. The van der Waals surface area contributed by atoms with Gasteiger partial charge >= 0.3 is 0 Å². The van der Waals surface area contributed by atoms with Crippen molar-refractivity contribution in [3.8, 4) is 0 Å². The van der Waals surface area contributed by atoms with Crippen molar-refractivity contribution in [2.45, 2.75) is 63.3 Å². The molecule has 2 N–H and O–H groups in total. The zero-order chi connectivity index (χ0) is 16.6. The maximum absolute atomic E-state index is 5.95. The molecule has 1 saturated carbocycles. The monoisotopic (exact) mass is 322 g/mol. The maximum atomic E-state index is 5.95. The molecule has 2 heteroatoms. The van der Waals surface area contributed by atoms with Crippen molar-refractivity contribution < 1.29 is 0 Å². The van der Waals surface area contributed by atoms with Crippen LogP contribution in [-0.2, 0) is 18.3 Å². The molecule has 1 atom stereocenters. The van der Waals surface area contributed by atoms with Crippen molar-refractivity contribution >= 4 is 0 Å². The van der Waals surface area contributed by atoms with Crippen molar-refractivity contribution in [3.05, 3.63) is 58.8 Å². The standard InChI is InChI=1S/C22H30N2/c1-2-22(12-8-20(23)9-13-22)19-7-6-17-10-14-24(21-4-3-5-21)15-11-18(17)16-19/h6-9,12,16,21H,2-5,10-11,13-15,23H2,1H3. The predicted octanol–water partition coefficient (Wildman–Crippen LogP) is 4.09. The molecule has 0 aromatic heterocycles. The van der Waals surface area contributed by atoms with Crippen LogP contribution in [0.25, 0.3) is 0 Å². The number of hydrogen-bond donors (Lipinski definition) is 1. The van der Waals surface area contributed by atoms with E-state index in [4.69, 9.17) is 5.73 Å². The lowest BCUT2D eigenvalue weighted by molar-refractivity contribution is 0.133. The smallest absolute Gasteiger partial charge is 0.0270 e. The van der Waals surface area contributed by atoms with Gasteiger partial charge in [0.15, 0.2) is 0 Å². The Labute approximate surface area is 146 Å². The molecule has 128 valence electrons. The van der Waals surface area contributed by atoms with Crippen LogP contribution in [-0.4, -0.2) is 24.0 Å². The molecule has 1 aliphatic heterocycles. The van der Waals surface area contributed by atoms with Crippen molar-refractivity contribution in [2.75, 3.05) is 13.1 Å². The molecule has 1 aromatic carbocycles. The van der Waals surface area contributed by atoms with Gasteiger partial charge in [-0.05, 0) is 61.3 Å². The van der Waals surface area contributed by atoms with Gasteiger partial charge in [-0.2, -0.15) is 0 Å². The van der Waals surface area contributed by atoms with Crippen molar-refractivity contribution in [3.63, 3.8) is 0 Å². The molecule has 24 heavy (non-hydrogen) atoms. The van der Waals surface area contributed by atoms with Gasteiger partial charge in [0.25, 0.3) is 0 Å². The summed E-state index contributed by atoms with van der Waals surface area (Å²) in [7, 11) is 0. The molecule has 2 nitrogen and oxygen atoms in total. The third kappa shape index (κ3) is 2.82. The van der Waals surface area contributed by atoms with Gasteiger partial charge in [0.1, 0.15) is 0 Å². The average Bonchev–Trinajstić information content (AvgIpc) is 2.77. The number of nitrogens with two attached hydrogens (primary N) is 1. The summed E-state index contributed by atoms with van der Waals surface area (Å²) >= 11 is 0. The highest BCUT2D eigenvalue weighted by Crippen LogP contribution is 2.38. The minimum Gasteiger partial charge on any atom is -0.399 e. The van der Waals surface area contributed by atoms with Crippen molar-refractivity contribution in [2.24, 2.45) is 5.73 Å². The number of nitrogens with zero attached hydrogens (tertiary/aromatic N) is 1. The second-order valence-electron chi connectivity index (χ2n) is 7.86. The number of allylic oxidation sites excluding steroid dienone is 3. The predicted molar refractivity (Wildman–Crippen MR) is 101 cm³/mol. The van der Waals surface area contributed by atoms with E-state index < -0.39 is 0 Å². The van der Waals surface area contributed by atoms with Crippen molar-refractivity contribution in [1.82, 2.24) is 4.90 Å². The molecule has 1 aromatic rings. The normalized spacial score (nSPS) is 28.0. The molecule has 2 aliphatic carbocycles. The van der Waals surface area contributed by atoms with E-state index in [0.29, 0.717) is 0 Å². The summed E-state index contributed by atoms with van der Waals surface area (Å²) in [6.45, 7) is 4.78. The van der Waals surface area contributed by atoms with Gasteiger partial charge in [-0.3, -0.25) is 4.90 Å². The fraction of sp³-hybridized carbons (Fsp3) is 0.545. The molecule has 1 heterocycles. The molecule has 1 fully saturated rings. The van der Waals surface area contributed by atoms with E-state index in [1.165, 1.54) is 50.8 Å². The van der Waals surface area contributed by atoms with Gasteiger partial charge in [-0.15, -0.1) is 0 Å². The minimum absolute atomic E-state index is 0.137. The van der Waals surface area contributed by atoms with Crippen LogP contribution < -0.4 is 5.73 Å². The first-order valence-electron chi connectivity index (χ1n) is 9.71. The van der Waals surface area contributed by atoms with Gasteiger partial charge < -0.3 is 5.73 Å². The Morgan fingerprint density at radius 1 is 1.17 bits per heavy atom. The summed E-state index contributed by atoms with van der Waals surface area (Å²) in [6.07, 6.45) is 15.5. The minimum atomic E-state index is 0.137. The van der Waals surface area contributed by atoms with Gasteiger partial charge in [0.05, 0.1) is 0 Å². The summed E-state index contributed by atoms with van der Waals surface area (Å²) in [5.41, 5.74) is 11.6. The second-order valence-corrected chi connectivity index (χ2v) is 7.86. The highest BCUT2D eigenvalue weighted by Gasteiger charge is 2.30. The third-order valence-electron chi connectivity index (χ3n) is 6.64. The third-order valence-corrected chi connectivity index (χ3v) is 6.64. The SMILES string of the molecule is CCC1(c2ccc3c(c2)CCN(C2CCC2)CC3)C=CC(N)=CC1. The van der Waals surface area contributed by atoms with Crippen LogP contribution in [0.3, 0.4) is 0 Å². The lowest BCUT2D eigenvalue weighted by Gasteiger charge is -2.36. The van der Waals surface area contributed by atoms with Gasteiger partial charge in [-0.25, -0.2) is 0 Å². The van der Waals surface area contributed by atoms with Crippen LogP contribution in [0.1, 0.15) is 55.7 Å². The number of hydrogen-bond acceptors (Lipinski definition) is 2. The first-order chi connectivity index (χ1) is 11.7. The van der Waals surface area contributed by atoms with E-state index in [0.717, 1.165) is 24.6 Å². The molecule has 0 radical (unpaired) electrons. The Hall–Kier alpha value is -1.54. The Morgan fingerprint density at radius 2 is 1.96 bits per heavy atom. The molecule has 0 saturated heterocycles. The van der Waals surface area contributed by atoms with Crippen molar-refractivity contribution in [1.29, 1.82) is 0 Å². The maximum Gasteiger partial charge on any atom is 0.0270 e. The highest BCUT2D eigenvalue weighted by atomic mass is 15.2. The number of fused-ring (bicyclic) bond motifs is 1. The number of benzene rings is 1. The van der Waals surface area contributed by atoms with Crippen LogP contribution in [0.15, 0.2) is 42.1 Å². The Morgan fingerprint density at radius 3 is 2.58 bits per heavy atom. The molecule has 0 bridgehead atoms. The lowest BCUT2D eigenvalue weighted by Crippen LogP contribution is -2.41. The van der Waals surface area contributed by atoms with E-state index >= 15 is 0 Å². The highest BCUT2D eigenvalue weighted by molar-refractivity contribution is 5.42. The van der Waals surface area contributed by atoms with Crippen LogP contribution in [0, 0.1) is 0 Å². The fourth-order valence-electron chi connectivity index (χ4n) is 4.54. The van der Waals surface area contributed by atoms with Crippen LogP contribution in [0.4, 0.5) is 0 Å². The molecule has 0 amide bonds. The van der Waals surface area contributed by atoms with Crippen LogP contribution in [0.5, 0.6) is 0 Å². The molecule has 1 unspecified atom stereocenters. The van der Waals surface area contributed by atoms with E-state index in [-0.39, 0.29) is 5.41 Å². The Kier molecular flexibility index (Phi) is 4.26. The van der Waals surface area contributed by atoms with Gasteiger partial charge in [0, 0.05) is 30.2 Å². The average molecular weight is 322 g/mol. The van der Waals surface area contributed by atoms with E-state index in [1.807, 2.05) is 0 Å². The molecule has 0 spiro atoms. The molecular weight excluding hydrogens is 292 g/mol. The summed E-state index contributed by atoms with van der Waals surface area (Å²) in [4.78, 5) is 2.74. The molecule has 3 aliphatic rings. The largest absolute Gasteiger partial charge is 0.399 e. The van der Waals surface area contributed by atoms with Crippen LogP contribution in [0.2, 0.25) is 0 Å². The van der Waals surface area contributed by atoms with Gasteiger partial charge in [-0.1, -0.05) is 43.7 Å². The fourth-order valence-corrected chi connectivity index (χ4v) is 4.54.